The molecular formula is C22H25FN2O5. The highest BCUT2D eigenvalue weighted by Crippen LogP contribution is 2.40. The number of ether oxygens (including phenoxy) is 3. The number of halogens is 1. The zero-order valence-electron chi connectivity index (χ0n) is 17.3. The molecule has 160 valence electrons. The second kappa shape index (κ2) is 9.47. The summed E-state index contributed by atoms with van der Waals surface area (Å²) in [5.74, 6) is 0.581. The molecule has 0 N–H and O–H groups in total. The minimum Gasteiger partial charge on any atom is -0.493 e. The average Bonchev–Trinajstić information content (AvgIpc) is 2.78. The largest absolute Gasteiger partial charge is 0.493 e. The first-order valence-corrected chi connectivity index (χ1v) is 9.59. The number of carbonyl (C=O) groups is 2. The Balaban J connectivity index is 1.65. The molecule has 0 bridgehead atoms. The number of nitrogens with zero attached hydrogens (tertiary/aromatic N) is 2. The van der Waals surface area contributed by atoms with Gasteiger partial charge in [-0.3, -0.25) is 9.59 Å². The molecule has 2 amide bonds. The van der Waals surface area contributed by atoms with Gasteiger partial charge in [0, 0.05) is 26.2 Å². The first-order valence-electron chi connectivity index (χ1n) is 9.59. The van der Waals surface area contributed by atoms with Gasteiger partial charge in [-0.15, -0.1) is 0 Å². The van der Waals surface area contributed by atoms with E-state index in [1.807, 2.05) is 0 Å². The fourth-order valence-electron chi connectivity index (χ4n) is 3.49. The van der Waals surface area contributed by atoms with Gasteiger partial charge >= 0.3 is 0 Å². The maximum absolute atomic E-state index is 13.1. The van der Waals surface area contributed by atoms with Crippen molar-refractivity contribution in [2.24, 2.45) is 0 Å². The Bertz CT molecular complexity index is 908. The predicted octanol–water partition coefficient (Wildman–Crippen LogP) is 2.38. The van der Waals surface area contributed by atoms with E-state index < -0.39 is 0 Å². The van der Waals surface area contributed by atoms with Gasteiger partial charge in [-0.1, -0.05) is 12.1 Å². The summed E-state index contributed by atoms with van der Waals surface area (Å²) in [6.45, 7) is 1.68. The van der Waals surface area contributed by atoms with E-state index in [1.54, 1.807) is 34.1 Å². The molecule has 0 atom stereocenters. The van der Waals surface area contributed by atoms with Crippen LogP contribution in [-0.4, -0.2) is 69.1 Å². The molecule has 0 radical (unpaired) electrons. The van der Waals surface area contributed by atoms with E-state index in [0.717, 1.165) is 5.56 Å². The van der Waals surface area contributed by atoms with Crippen LogP contribution in [0, 0.1) is 5.82 Å². The summed E-state index contributed by atoms with van der Waals surface area (Å²) < 4.78 is 29.0. The Hall–Kier alpha value is -3.29. The van der Waals surface area contributed by atoms with Crippen LogP contribution >= 0.6 is 0 Å². The standard InChI is InChI=1S/C22H25FN2O5/c1-28-18-9-8-17(20(29-2)21(18)30-3)22(27)25-12-10-24(11-13-25)19(26)14-15-4-6-16(23)7-5-15/h4-9H,10-14H2,1-3H3. The summed E-state index contributed by atoms with van der Waals surface area (Å²) in [6.07, 6.45) is 0.206. The molecule has 0 unspecified atom stereocenters. The van der Waals surface area contributed by atoms with Crippen LogP contribution in [0.5, 0.6) is 17.2 Å². The summed E-state index contributed by atoms with van der Waals surface area (Å²) >= 11 is 0. The molecule has 1 aliphatic rings. The fourth-order valence-corrected chi connectivity index (χ4v) is 3.49. The number of piperazine rings is 1. The Morgan fingerprint density at radius 2 is 1.43 bits per heavy atom. The van der Waals surface area contributed by atoms with Crippen LogP contribution in [0.2, 0.25) is 0 Å². The molecular weight excluding hydrogens is 391 g/mol. The van der Waals surface area contributed by atoms with E-state index in [0.29, 0.717) is 49.0 Å². The van der Waals surface area contributed by atoms with Crippen LogP contribution in [0.15, 0.2) is 36.4 Å². The smallest absolute Gasteiger partial charge is 0.257 e. The van der Waals surface area contributed by atoms with Crippen LogP contribution in [0.25, 0.3) is 0 Å². The zero-order valence-corrected chi connectivity index (χ0v) is 17.3. The van der Waals surface area contributed by atoms with Gasteiger partial charge in [0.1, 0.15) is 5.82 Å². The van der Waals surface area contributed by atoms with Gasteiger partial charge in [-0.05, 0) is 29.8 Å². The second-order valence-electron chi connectivity index (χ2n) is 6.86. The maximum atomic E-state index is 13.1. The lowest BCUT2D eigenvalue weighted by molar-refractivity contribution is -0.131. The lowest BCUT2D eigenvalue weighted by atomic mass is 10.1. The van der Waals surface area contributed by atoms with Crippen LogP contribution in [0.3, 0.4) is 0 Å². The average molecular weight is 416 g/mol. The van der Waals surface area contributed by atoms with Crippen LogP contribution in [0.1, 0.15) is 15.9 Å². The quantitative estimate of drug-likeness (QED) is 0.723. The lowest BCUT2D eigenvalue weighted by Gasteiger charge is -2.35. The number of hydrogen-bond donors (Lipinski definition) is 0. The van der Waals surface area contributed by atoms with Crippen molar-refractivity contribution in [1.29, 1.82) is 0 Å². The molecule has 0 spiro atoms. The topological polar surface area (TPSA) is 68.3 Å². The van der Waals surface area contributed by atoms with Gasteiger partial charge in [-0.2, -0.15) is 0 Å². The molecule has 30 heavy (non-hydrogen) atoms. The molecule has 7 nitrogen and oxygen atoms in total. The third kappa shape index (κ3) is 4.48. The van der Waals surface area contributed by atoms with Crippen LogP contribution < -0.4 is 14.2 Å². The Kier molecular flexibility index (Phi) is 6.76. The number of benzene rings is 2. The lowest BCUT2D eigenvalue weighted by Crippen LogP contribution is -2.51. The number of rotatable bonds is 6. The van der Waals surface area contributed by atoms with Crippen molar-refractivity contribution >= 4 is 11.8 Å². The Morgan fingerprint density at radius 3 is 2.00 bits per heavy atom. The minimum atomic E-state index is -0.330. The normalized spacial score (nSPS) is 13.7. The molecule has 2 aromatic rings. The first-order chi connectivity index (χ1) is 14.5. The number of hydrogen-bond acceptors (Lipinski definition) is 5. The highest BCUT2D eigenvalue weighted by atomic mass is 19.1. The van der Waals surface area contributed by atoms with E-state index in [4.69, 9.17) is 14.2 Å². The molecule has 2 aromatic carbocycles. The maximum Gasteiger partial charge on any atom is 0.257 e. The monoisotopic (exact) mass is 416 g/mol. The molecule has 0 aromatic heterocycles. The molecule has 1 heterocycles. The number of methoxy groups -OCH3 is 3. The Labute approximate surface area is 174 Å². The molecule has 0 saturated carbocycles. The molecule has 1 saturated heterocycles. The SMILES string of the molecule is COc1ccc(C(=O)N2CCN(C(=O)Cc3ccc(F)cc3)CC2)c(OC)c1OC. The van der Waals surface area contributed by atoms with Gasteiger partial charge in [-0.25, -0.2) is 4.39 Å². The van der Waals surface area contributed by atoms with E-state index in [-0.39, 0.29) is 24.1 Å². The van der Waals surface area contributed by atoms with Gasteiger partial charge in [0.2, 0.25) is 11.7 Å². The van der Waals surface area contributed by atoms with Gasteiger partial charge in [0.25, 0.3) is 5.91 Å². The van der Waals surface area contributed by atoms with E-state index in [9.17, 15) is 14.0 Å². The Morgan fingerprint density at radius 1 is 0.833 bits per heavy atom. The van der Waals surface area contributed by atoms with E-state index in [1.165, 1.54) is 33.5 Å². The van der Waals surface area contributed by atoms with E-state index in [2.05, 4.69) is 0 Å². The summed E-state index contributed by atoms with van der Waals surface area (Å²) in [4.78, 5) is 29.0. The second-order valence-corrected chi connectivity index (χ2v) is 6.86. The molecule has 3 rings (SSSR count). The highest BCUT2D eigenvalue weighted by Gasteiger charge is 2.28. The zero-order chi connectivity index (χ0) is 21.7. The fraction of sp³-hybridized carbons (Fsp3) is 0.364. The van der Waals surface area contributed by atoms with Crippen LogP contribution in [-0.2, 0) is 11.2 Å². The van der Waals surface area contributed by atoms with Crippen molar-refractivity contribution in [2.75, 3.05) is 47.5 Å². The van der Waals surface area contributed by atoms with Crippen molar-refractivity contribution in [3.63, 3.8) is 0 Å². The molecule has 8 heteroatoms. The van der Waals surface area contributed by atoms with Gasteiger partial charge in [0.05, 0.1) is 33.3 Å². The number of amides is 2. The first kappa shape index (κ1) is 21.4. The third-order valence-electron chi connectivity index (χ3n) is 5.12. The van der Waals surface area contributed by atoms with Crippen molar-refractivity contribution in [1.82, 2.24) is 9.80 Å². The highest BCUT2D eigenvalue weighted by molar-refractivity contribution is 5.98. The predicted molar refractivity (Wildman–Crippen MR) is 109 cm³/mol. The van der Waals surface area contributed by atoms with Crippen molar-refractivity contribution < 1.29 is 28.2 Å². The van der Waals surface area contributed by atoms with E-state index >= 15 is 0 Å². The van der Waals surface area contributed by atoms with Crippen LogP contribution in [0.4, 0.5) is 4.39 Å². The minimum absolute atomic E-state index is 0.0441. The molecule has 1 aliphatic heterocycles. The summed E-state index contributed by atoms with van der Waals surface area (Å²) in [6, 6.07) is 9.21. The summed E-state index contributed by atoms with van der Waals surface area (Å²) in [5.41, 5.74) is 1.14. The van der Waals surface area contributed by atoms with Gasteiger partial charge in [0.15, 0.2) is 11.5 Å². The van der Waals surface area contributed by atoms with Crippen molar-refractivity contribution in [2.45, 2.75) is 6.42 Å². The van der Waals surface area contributed by atoms with Crippen molar-refractivity contribution in [3.05, 3.63) is 53.3 Å². The third-order valence-corrected chi connectivity index (χ3v) is 5.12. The van der Waals surface area contributed by atoms with Gasteiger partial charge < -0.3 is 24.0 Å². The summed E-state index contributed by atoms with van der Waals surface area (Å²) in [5, 5.41) is 0. The number of carbonyl (C=O) groups excluding carboxylic acids is 2. The molecule has 0 aliphatic carbocycles. The summed E-state index contributed by atoms with van der Waals surface area (Å²) in [7, 11) is 4.47. The van der Waals surface area contributed by atoms with Crippen molar-refractivity contribution in [3.8, 4) is 17.2 Å². The molecule has 1 fully saturated rings.